The van der Waals surface area contributed by atoms with Crippen LogP contribution >= 0.6 is 15.9 Å². The molecule has 4 nitrogen and oxygen atoms in total. The van der Waals surface area contributed by atoms with Crippen molar-refractivity contribution in [3.05, 3.63) is 28.7 Å². The van der Waals surface area contributed by atoms with Crippen LogP contribution in [0.1, 0.15) is 19.8 Å². The molecule has 1 aromatic rings. The Morgan fingerprint density at radius 1 is 1.41 bits per heavy atom. The molecule has 92 valence electrons. The molecule has 1 aromatic carbocycles. The maximum atomic E-state index is 12.0. The summed E-state index contributed by atoms with van der Waals surface area (Å²) in [6.07, 6.45) is 0.760. The zero-order valence-corrected chi connectivity index (χ0v) is 11.8. The first-order valence-corrected chi connectivity index (χ1v) is 7.42. The van der Waals surface area contributed by atoms with Gasteiger partial charge in [0, 0.05) is 10.5 Å². The van der Waals surface area contributed by atoms with Crippen LogP contribution in [0.15, 0.2) is 33.6 Å². The van der Waals surface area contributed by atoms with Crippen molar-refractivity contribution in [2.75, 3.05) is 0 Å². The summed E-state index contributed by atoms with van der Waals surface area (Å²) < 4.78 is 27.2. The zero-order valence-electron chi connectivity index (χ0n) is 9.35. The lowest BCUT2D eigenvalue weighted by Gasteiger charge is -2.13. The molecule has 1 atom stereocenters. The van der Waals surface area contributed by atoms with E-state index in [1.165, 1.54) is 12.1 Å². The Kier molecular flexibility index (Phi) is 5.12. The van der Waals surface area contributed by atoms with Crippen molar-refractivity contribution in [3.63, 3.8) is 0 Å². The maximum Gasteiger partial charge on any atom is 0.240 e. The van der Waals surface area contributed by atoms with Gasteiger partial charge in [-0.25, -0.2) is 13.1 Å². The second-order valence-electron chi connectivity index (χ2n) is 3.54. The molecule has 0 saturated heterocycles. The standard InChI is InChI=1S/C11H13BrN2O2S/c1-2-10(7-8-13)14-17(15,16)11-5-3-9(12)4-6-11/h3-6,10,14H,2,7H2,1H3. The summed E-state index contributed by atoms with van der Waals surface area (Å²) in [5, 5.41) is 8.58. The Hall–Kier alpha value is -0.900. The van der Waals surface area contributed by atoms with Crippen molar-refractivity contribution < 1.29 is 8.42 Å². The second-order valence-corrected chi connectivity index (χ2v) is 6.17. The van der Waals surface area contributed by atoms with Gasteiger partial charge in [0.25, 0.3) is 0 Å². The van der Waals surface area contributed by atoms with E-state index in [0.29, 0.717) is 6.42 Å². The average Bonchev–Trinajstić information content (AvgIpc) is 2.28. The lowest BCUT2D eigenvalue weighted by molar-refractivity contribution is 0.543. The Morgan fingerprint density at radius 2 is 2.00 bits per heavy atom. The van der Waals surface area contributed by atoms with Gasteiger partial charge in [0.2, 0.25) is 10.0 Å². The van der Waals surface area contributed by atoms with E-state index in [-0.39, 0.29) is 17.4 Å². The highest BCUT2D eigenvalue weighted by atomic mass is 79.9. The third kappa shape index (κ3) is 4.11. The molecule has 0 saturated carbocycles. The van der Waals surface area contributed by atoms with Crippen LogP contribution in [0.3, 0.4) is 0 Å². The highest BCUT2D eigenvalue weighted by Crippen LogP contribution is 2.15. The molecule has 0 aliphatic carbocycles. The number of rotatable bonds is 5. The van der Waals surface area contributed by atoms with Crippen molar-refractivity contribution in [2.24, 2.45) is 0 Å². The quantitative estimate of drug-likeness (QED) is 0.906. The first-order chi connectivity index (χ1) is 7.99. The fraction of sp³-hybridized carbons (Fsp3) is 0.364. The normalized spacial score (nSPS) is 13.0. The number of sulfonamides is 1. The molecule has 0 fully saturated rings. The van der Waals surface area contributed by atoms with Gasteiger partial charge in [-0.1, -0.05) is 22.9 Å². The van der Waals surface area contributed by atoms with Crippen LogP contribution in [0.4, 0.5) is 0 Å². The highest BCUT2D eigenvalue weighted by Gasteiger charge is 2.18. The van der Waals surface area contributed by atoms with Gasteiger partial charge in [-0.05, 0) is 30.7 Å². The molecule has 0 amide bonds. The minimum absolute atomic E-state index is 0.173. The van der Waals surface area contributed by atoms with Gasteiger partial charge < -0.3 is 0 Å². The van der Waals surface area contributed by atoms with E-state index in [2.05, 4.69) is 20.7 Å². The van der Waals surface area contributed by atoms with E-state index in [1.54, 1.807) is 12.1 Å². The number of nitrogens with one attached hydrogen (secondary N) is 1. The van der Waals surface area contributed by atoms with Crippen molar-refractivity contribution in [1.29, 1.82) is 5.26 Å². The van der Waals surface area contributed by atoms with Crippen molar-refractivity contribution in [1.82, 2.24) is 4.72 Å². The number of hydrogen-bond acceptors (Lipinski definition) is 3. The van der Waals surface area contributed by atoms with Gasteiger partial charge in [-0.3, -0.25) is 0 Å². The molecule has 0 aliphatic heterocycles. The minimum atomic E-state index is -3.53. The number of nitriles is 1. The third-order valence-corrected chi connectivity index (χ3v) is 4.34. The molecular weight excluding hydrogens is 304 g/mol. The van der Waals surface area contributed by atoms with Crippen LogP contribution in [-0.4, -0.2) is 14.5 Å². The molecule has 1 N–H and O–H groups in total. The first kappa shape index (κ1) is 14.2. The number of hydrogen-bond donors (Lipinski definition) is 1. The maximum absolute atomic E-state index is 12.0. The molecule has 0 bridgehead atoms. The van der Waals surface area contributed by atoms with Crippen molar-refractivity contribution >= 4 is 26.0 Å². The highest BCUT2D eigenvalue weighted by molar-refractivity contribution is 9.10. The Bertz CT molecular complexity index is 505. The fourth-order valence-electron chi connectivity index (χ4n) is 1.28. The summed E-state index contributed by atoms with van der Waals surface area (Å²) in [6, 6.07) is 8.00. The number of benzene rings is 1. The summed E-state index contributed by atoms with van der Waals surface area (Å²) in [5.74, 6) is 0. The largest absolute Gasteiger partial charge is 0.240 e. The van der Waals surface area contributed by atoms with E-state index in [0.717, 1.165) is 4.47 Å². The van der Waals surface area contributed by atoms with Gasteiger partial charge in [0.1, 0.15) is 0 Å². The average molecular weight is 317 g/mol. The number of halogens is 1. The van der Waals surface area contributed by atoms with Crippen molar-refractivity contribution in [2.45, 2.75) is 30.7 Å². The zero-order chi connectivity index (χ0) is 12.9. The minimum Gasteiger partial charge on any atom is -0.207 e. The third-order valence-electron chi connectivity index (χ3n) is 2.28. The number of nitrogens with zero attached hydrogens (tertiary/aromatic N) is 1. The molecule has 6 heteroatoms. The van der Waals surface area contributed by atoms with Crippen molar-refractivity contribution in [3.8, 4) is 6.07 Å². The molecule has 0 aliphatic rings. The molecule has 0 spiro atoms. The van der Waals surface area contributed by atoms with Gasteiger partial charge in [0.15, 0.2) is 0 Å². The Balaban J connectivity index is 2.89. The summed E-state index contributed by atoms with van der Waals surface area (Å²) in [6.45, 7) is 1.84. The first-order valence-electron chi connectivity index (χ1n) is 5.14. The van der Waals surface area contributed by atoms with Crippen LogP contribution in [-0.2, 0) is 10.0 Å². The van der Waals surface area contributed by atoms with Gasteiger partial charge in [-0.15, -0.1) is 0 Å². The molecule has 0 aromatic heterocycles. The van der Waals surface area contributed by atoms with Gasteiger partial charge >= 0.3 is 0 Å². The van der Waals surface area contributed by atoms with E-state index in [1.807, 2.05) is 13.0 Å². The van der Waals surface area contributed by atoms with E-state index in [4.69, 9.17) is 5.26 Å². The topological polar surface area (TPSA) is 70.0 Å². The van der Waals surface area contributed by atoms with Crippen LogP contribution in [0, 0.1) is 11.3 Å². The Labute approximate surface area is 110 Å². The van der Waals surface area contributed by atoms with E-state index >= 15 is 0 Å². The van der Waals surface area contributed by atoms with Crippen LogP contribution in [0.5, 0.6) is 0 Å². The SMILES string of the molecule is CCC(CC#N)NS(=O)(=O)c1ccc(Br)cc1. The molecular formula is C11H13BrN2O2S. The van der Waals surface area contributed by atoms with Crippen LogP contribution < -0.4 is 4.72 Å². The Morgan fingerprint density at radius 3 is 2.47 bits per heavy atom. The smallest absolute Gasteiger partial charge is 0.207 e. The van der Waals surface area contributed by atoms with Crippen LogP contribution in [0.25, 0.3) is 0 Å². The fourth-order valence-corrected chi connectivity index (χ4v) is 2.86. The van der Waals surface area contributed by atoms with Crippen LogP contribution in [0.2, 0.25) is 0 Å². The predicted molar refractivity (Wildman–Crippen MR) is 68.8 cm³/mol. The predicted octanol–water partition coefficient (Wildman–Crippen LogP) is 2.42. The monoisotopic (exact) mass is 316 g/mol. The second kappa shape index (κ2) is 6.15. The molecule has 17 heavy (non-hydrogen) atoms. The lowest BCUT2D eigenvalue weighted by Crippen LogP contribution is -2.34. The van der Waals surface area contributed by atoms with E-state index < -0.39 is 10.0 Å². The summed E-state index contributed by atoms with van der Waals surface area (Å²) >= 11 is 3.24. The molecule has 0 heterocycles. The van der Waals surface area contributed by atoms with Gasteiger partial charge in [0.05, 0.1) is 17.4 Å². The summed E-state index contributed by atoms with van der Waals surface area (Å²) in [4.78, 5) is 0.206. The molecule has 1 rings (SSSR count). The van der Waals surface area contributed by atoms with Gasteiger partial charge in [-0.2, -0.15) is 5.26 Å². The molecule has 1 unspecified atom stereocenters. The summed E-state index contributed by atoms with van der Waals surface area (Å²) in [5.41, 5.74) is 0. The summed E-state index contributed by atoms with van der Waals surface area (Å²) in [7, 11) is -3.53. The molecule has 0 radical (unpaired) electrons. The lowest BCUT2D eigenvalue weighted by atomic mass is 10.2. The van der Waals surface area contributed by atoms with E-state index in [9.17, 15) is 8.42 Å².